The first kappa shape index (κ1) is 23.5. The predicted octanol–water partition coefficient (Wildman–Crippen LogP) is 7.08. The standard InChI is InChI=1S/C22H16F3IN2O4/c1-13-3-6-16(7-4-13)27-12-14-9-17(26)21(20(10-14)31-2)32-19-8-5-15(22(23,24)25)11-18(19)28(29)30/h3-12H,1-2H3. The maximum Gasteiger partial charge on any atom is 0.416 e. The van der Waals surface area contributed by atoms with Gasteiger partial charge in [-0.05, 0) is 71.5 Å². The van der Waals surface area contributed by atoms with Gasteiger partial charge in [0.15, 0.2) is 11.5 Å². The van der Waals surface area contributed by atoms with Crippen molar-refractivity contribution in [3.8, 4) is 17.2 Å². The number of methoxy groups -OCH3 is 1. The highest BCUT2D eigenvalue weighted by atomic mass is 127. The molecule has 3 aromatic carbocycles. The van der Waals surface area contributed by atoms with E-state index in [2.05, 4.69) is 4.99 Å². The largest absolute Gasteiger partial charge is 0.493 e. The molecule has 0 aliphatic rings. The zero-order valence-electron chi connectivity index (χ0n) is 16.8. The summed E-state index contributed by atoms with van der Waals surface area (Å²) in [7, 11) is 1.39. The molecule has 0 saturated carbocycles. The molecule has 3 rings (SSSR count). The number of alkyl halides is 3. The highest BCUT2D eigenvalue weighted by Crippen LogP contribution is 2.42. The van der Waals surface area contributed by atoms with Crippen molar-refractivity contribution in [3.63, 3.8) is 0 Å². The Morgan fingerprint density at radius 1 is 1.06 bits per heavy atom. The van der Waals surface area contributed by atoms with Gasteiger partial charge < -0.3 is 9.47 Å². The van der Waals surface area contributed by atoms with Crippen molar-refractivity contribution in [2.45, 2.75) is 13.1 Å². The van der Waals surface area contributed by atoms with E-state index in [0.717, 1.165) is 23.4 Å². The lowest BCUT2D eigenvalue weighted by atomic mass is 10.1. The van der Waals surface area contributed by atoms with Crippen LogP contribution in [0.4, 0.5) is 24.5 Å². The molecule has 3 aromatic rings. The fraction of sp³-hybridized carbons (Fsp3) is 0.136. The van der Waals surface area contributed by atoms with Crippen LogP contribution in [0.3, 0.4) is 0 Å². The van der Waals surface area contributed by atoms with Gasteiger partial charge in [-0.3, -0.25) is 15.1 Å². The van der Waals surface area contributed by atoms with Crippen molar-refractivity contribution in [1.29, 1.82) is 0 Å². The number of hydrogen-bond donors (Lipinski definition) is 0. The molecule has 0 aromatic heterocycles. The van der Waals surface area contributed by atoms with Crippen molar-refractivity contribution in [1.82, 2.24) is 0 Å². The second-order valence-corrected chi connectivity index (χ2v) is 7.83. The molecule has 0 aliphatic carbocycles. The third-order valence-corrected chi connectivity index (χ3v) is 5.14. The minimum atomic E-state index is -4.71. The van der Waals surface area contributed by atoms with E-state index >= 15 is 0 Å². The van der Waals surface area contributed by atoms with E-state index < -0.39 is 22.4 Å². The monoisotopic (exact) mass is 556 g/mol. The molecule has 32 heavy (non-hydrogen) atoms. The van der Waals surface area contributed by atoms with Crippen molar-refractivity contribution in [2.75, 3.05) is 7.11 Å². The first-order valence-electron chi connectivity index (χ1n) is 9.10. The molecule has 0 spiro atoms. The average Bonchev–Trinajstić information content (AvgIpc) is 2.74. The van der Waals surface area contributed by atoms with Gasteiger partial charge >= 0.3 is 11.9 Å². The number of hydrogen-bond acceptors (Lipinski definition) is 5. The second-order valence-electron chi connectivity index (χ2n) is 6.67. The Morgan fingerprint density at radius 2 is 1.75 bits per heavy atom. The molecule has 0 unspecified atom stereocenters. The summed E-state index contributed by atoms with van der Waals surface area (Å²) in [5.74, 6) is 0.0557. The molecule has 6 nitrogen and oxygen atoms in total. The molecule has 0 saturated heterocycles. The average molecular weight is 556 g/mol. The maximum atomic E-state index is 12.9. The molecular weight excluding hydrogens is 540 g/mol. The van der Waals surface area contributed by atoms with Gasteiger partial charge in [-0.15, -0.1) is 0 Å². The van der Waals surface area contributed by atoms with E-state index in [4.69, 9.17) is 9.47 Å². The van der Waals surface area contributed by atoms with E-state index in [9.17, 15) is 23.3 Å². The normalized spacial score (nSPS) is 11.6. The molecular formula is C22H16F3IN2O4. The Labute approximate surface area is 195 Å². The lowest BCUT2D eigenvalue weighted by molar-refractivity contribution is -0.385. The molecule has 0 amide bonds. The molecule has 0 bridgehead atoms. The van der Waals surface area contributed by atoms with Gasteiger partial charge in [0, 0.05) is 12.3 Å². The summed E-state index contributed by atoms with van der Waals surface area (Å²) in [6, 6.07) is 13.0. The van der Waals surface area contributed by atoms with Gasteiger partial charge in [-0.25, -0.2) is 0 Å². The molecule has 0 heterocycles. The Balaban J connectivity index is 1.95. The molecule has 0 fully saturated rings. The minimum Gasteiger partial charge on any atom is -0.493 e. The van der Waals surface area contributed by atoms with Crippen LogP contribution < -0.4 is 9.47 Å². The zero-order chi connectivity index (χ0) is 23.5. The number of ether oxygens (including phenoxy) is 2. The van der Waals surface area contributed by atoms with E-state index in [-0.39, 0.29) is 17.2 Å². The Kier molecular flexibility index (Phi) is 7.02. The fourth-order valence-electron chi connectivity index (χ4n) is 2.73. The number of benzene rings is 3. The predicted molar refractivity (Wildman–Crippen MR) is 122 cm³/mol. The van der Waals surface area contributed by atoms with Crippen molar-refractivity contribution in [3.05, 3.63) is 85.0 Å². The molecule has 0 atom stereocenters. The van der Waals surface area contributed by atoms with E-state index in [0.29, 0.717) is 15.2 Å². The van der Waals surface area contributed by atoms with Crippen molar-refractivity contribution in [2.24, 2.45) is 4.99 Å². The van der Waals surface area contributed by atoms with Gasteiger partial charge in [0.05, 0.1) is 26.9 Å². The Bertz CT molecular complexity index is 1180. The van der Waals surface area contributed by atoms with Crippen LogP contribution in [0.25, 0.3) is 0 Å². The summed E-state index contributed by atoms with van der Waals surface area (Å²) in [6.07, 6.45) is -3.09. The third kappa shape index (κ3) is 5.55. The third-order valence-electron chi connectivity index (χ3n) is 4.34. The Morgan fingerprint density at radius 3 is 2.34 bits per heavy atom. The zero-order valence-corrected chi connectivity index (χ0v) is 19.0. The van der Waals surface area contributed by atoms with Crippen molar-refractivity contribution < 1.29 is 27.6 Å². The molecule has 0 radical (unpaired) electrons. The molecule has 10 heteroatoms. The summed E-state index contributed by atoms with van der Waals surface area (Å²) in [6.45, 7) is 1.97. The van der Waals surface area contributed by atoms with Gasteiger partial charge in [0.25, 0.3) is 0 Å². The number of aliphatic imine (C=N–C) groups is 1. The van der Waals surface area contributed by atoms with Gasteiger partial charge in [0.1, 0.15) is 0 Å². The second kappa shape index (κ2) is 9.55. The topological polar surface area (TPSA) is 74.0 Å². The van der Waals surface area contributed by atoms with Crippen molar-refractivity contribution >= 4 is 40.2 Å². The number of nitrogens with zero attached hydrogens (tertiary/aromatic N) is 2. The highest BCUT2D eigenvalue weighted by molar-refractivity contribution is 14.1. The molecule has 0 N–H and O–H groups in total. The maximum absolute atomic E-state index is 12.9. The first-order valence-corrected chi connectivity index (χ1v) is 10.2. The summed E-state index contributed by atoms with van der Waals surface area (Å²) in [5, 5.41) is 11.3. The highest BCUT2D eigenvalue weighted by Gasteiger charge is 2.33. The summed E-state index contributed by atoms with van der Waals surface area (Å²) >= 11 is 1.95. The Hall–Kier alpha value is -3.15. The fourth-order valence-corrected chi connectivity index (χ4v) is 3.46. The van der Waals surface area contributed by atoms with Crippen LogP contribution in [0.1, 0.15) is 16.7 Å². The van der Waals surface area contributed by atoms with Gasteiger partial charge in [0.2, 0.25) is 5.75 Å². The van der Waals surface area contributed by atoms with Crippen LogP contribution in [-0.2, 0) is 6.18 Å². The van der Waals surface area contributed by atoms with Gasteiger partial charge in [-0.1, -0.05) is 17.7 Å². The van der Waals surface area contributed by atoms with Crippen LogP contribution in [0, 0.1) is 20.6 Å². The smallest absolute Gasteiger partial charge is 0.416 e. The van der Waals surface area contributed by atoms with E-state index in [1.54, 1.807) is 18.3 Å². The van der Waals surface area contributed by atoms with Crippen LogP contribution in [0.5, 0.6) is 17.2 Å². The van der Waals surface area contributed by atoms with Crippen LogP contribution >= 0.6 is 22.6 Å². The lowest BCUT2D eigenvalue weighted by Gasteiger charge is -2.14. The quantitative estimate of drug-likeness (QED) is 0.141. The molecule has 166 valence electrons. The van der Waals surface area contributed by atoms with Crippen LogP contribution in [0.15, 0.2) is 59.6 Å². The summed E-state index contributed by atoms with van der Waals surface area (Å²) in [4.78, 5) is 14.8. The lowest BCUT2D eigenvalue weighted by Crippen LogP contribution is -2.06. The molecule has 0 aliphatic heterocycles. The summed E-state index contributed by atoms with van der Waals surface area (Å²) in [5.41, 5.74) is 0.606. The van der Waals surface area contributed by atoms with Crippen LogP contribution in [0.2, 0.25) is 0 Å². The first-order chi connectivity index (χ1) is 15.1. The number of nitro benzene ring substituents is 1. The number of aryl methyl sites for hydroxylation is 1. The minimum absolute atomic E-state index is 0.142. The van der Waals surface area contributed by atoms with E-state index in [1.807, 2.05) is 53.8 Å². The SMILES string of the molecule is COc1cc(C=Nc2ccc(C)cc2)cc(I)c1Oc1ccc(C(F)(F)F)cc1[N+](=O)[O-]. The van der Waals surface area contributed by atoms with Gasteiger partial charge in [-0.2, -0.15) is 13.2 Å². The number of nitro groups is 1. The number of halogens is 4. The number of rotatable bonds is 6. The van der Waals surface area contributed by atoms with E-state index in [1.165, 1.54) is 7.11 Å². The van der Waals surface area contributed by atoms with Crippen LogP contribution in [-0.4, -0.2) is 18.2 Å². The summed E-state index contributed by atoms with van der Waals surface area (Å²) < 4.78 is 50.3.